The average molecular weight is 290 g/mol. The van der Waals surface area contributed by atoms with Gasteiger partial charge in [0, 0.05) is 0 Å². The lowest BCUT2D eigenvalue weighted by molar-refractivity contribution is 0.313. The Morgan fingerprint density at radius 1 is 1.10 bits per heavy atom. The summed E-state index contributed by atoms with van der Waals surface area (Å²) in [5.41, 5.74) is 2.99. The van der Waals surface area contributed by atoms with Crippen LogP contribution in [-0.2, 0) is 9.84 Å². The van der Waals surface area contributed by atoms with Crippen molar-refractivity contribution in [2.45, 2.75) is 56.1 Å². The third-order valence-corrected chi connectivity index (χ3v) is 6.96. The van der Waals surface area contributed by atoms with Crippen molar-refractivity contribution in [2.75, 3.05) is 0 Å². The Hall–Kier alpha value is -1.09. The SMILES string of the molecule is CC1(C)CCC2=C(CCC2S(=O)(=O)c2ccccc2)C1. The molecule has 0 saturated carbocycles. The molecule has 1 unspecified atom stereocenters. The van der Waals surface area contributed by atoms with Crippen molar-refractivity contribution in [2.24, 2.45) is 5.41 Å². The van der Waals surface area contributed by atoms with Crippen LogP contribution in [0, 0.1) is 5.41 Å². The van der Waals surface area contributed by atoms with Gasteiger partial charge in [-0.2, -0.15) is 0 Å². The third kappa shape index (κ3) is 2.32. The van der Waals surface area contributed by atoms with Gasteiger partial charge in [0.15, 0.2) is 9.84 Å². The fourth-order valence-electron chi connectivity index (χ4n) is 3.66. The van der Waals surface area contributed by atoms with Crippen LogP contribution in [0.1, 0.15) is 46.0 Å². The molecule has 2 nitrogen and oxygen atoms in total. The molecule has 3 heteroatoms. The zero-order chi connectivity index (χ0) is 14.4. The Balaban J connectivity index is 1.95. The second-order valence-electron chi connectivity index (χ2n) is 6.86. The Morgan fingerprint density at radius 3 is 2.50 bits per heavy atom. The number of sulfone groups is 1. The van der Waals surface area contributed by atoms with Crippen LogP contribution in [0.25, 0.3) is 0 Å². The van der Waals surface area contributed by atoms with Gasteiger partial charge in [-0.3, -0.25) is 0 Å². The van der Waals surface area contributed by atoms with Gasteiger partial charge in [-0.1, -0.05) is 43.2 Å². The van der Waals surface area contributed by atoms with Crippen LogP contribution in [0.3, 0.4) is 0 Å². The van der Waals surface area contributed by atoms with E-state index < -0.39 is 9.84 Å². The summed E-state index contributed by atoms with van der Waals surface area (Å²) >= 11 is 0. The monoisotopic (exact) mass is 290 g/mol. The number of allylic oxidation sites excluding steroid dienone is 1. The molecule has 0 radical (unpaired) electrons. The zero-order valence-corrected chi connectivity index (χ0v) is 13.0. The van der Waals surface area contributed by atoms with Crippen molar-refractivity contribution in [1.82, 2.24) is 0 Å². The quantitative estimate of drug-likeness (QED) is 0.767. The second kappa shape index (κ2) is 4.73. The molecule has 1 atom stereocenters. The minimum absolute atomic E-state index is 0.268. The second-order valence-corrected chi connectivity index (χ2v) is 8.99. The molecule has 1 aromatic carbocycles. The van der Waals surface area contributed by atoms with E-state index in [1.54, 1.807) is 24.3 Å². The highest BCUT2D eigenvalue weighted by atomic mass is 32.2. The summed E-state index contributed by atoms with van der Waals surface area (Å²) in [6.45, 7) is 4.58. The van der Waals surface area contributed by atoms with Crippen molar-refractivity contribution in [3.05, 3.63) is 41.5 Å². The lowest BCUT2D eigenvalue weighted by Gasteiger charge is -2.32. The summed E-state index contributed by atoms with van der Waals surface area (Å²) in [4.78, 5) is 0.476. The van der Waals surface area contributed by atoms with Gasteiger partial charge in [-0.15, -0.1) is 0 Å². The number of hydrogen-bond acceptors (Lipinski definition) is 2. The number of benzene rings is 1. The summed E-state index contributed by atoms with van der Waals surface area (Å²) in [6, 6.07) is 8.92. The summed E-state index contributed by atoms with van der Waals surface area (Å²) < 4.78 is 25.6. The first-order valence-corrected chi connectivity index (χ1v) is 8.94. The molecule has 20 heavy (non-hydrogen) atoms. The smallest absolute Gasteiger partial charge is 0.185 e. The molecule has 0 aromatic heterocycles. The summed E-state index contributed by atoms with van der Waals surface area (Å²) in [7, 11) is -3.20. The maximum Gasteiger partial charge on any atom is 0.185 e. The van der Waals surface area contributed by atoms with E-state index in [4.69, 9.17) is 0 Å². The third-order valence-electron chi connectivity index (χ3n) is 4.76. The Labute approximate surface area is 121 Å². The van der Waals surface area contributed by atoms with Gasteiger partial charge >= 0.3 is 0 Å². The van der Waals surface area contributed by atoms with Gasteiger partial charge in [0.2, 0.25) is 0 Å². The van der Waals surface area contributed by atoms with E-state index in [2.05, 4.69) is 13.8 Å². The first-order chi connectivity index (χ1) is 9.40. The minimum Gasteiger partial charge on any atom is -0.223 e. The van der Waals surface area contributed by atoms with Crippen molar-refractivity contribution >= 4 is 9.84 Å². The van der Waals surface area contributed by atoms with Crippen molar-refractivity contribution in [1.29, 1.82) is 0 Å². The topological polar surface area (TPSA) is 34.1 Å². The highest BCUT2D eigenvalue weighted by Crippen LogP contribution is 2.47. The Bertz CT molecular complexity index is 639. The highest BCUT2D eigenvalue weighted by molar-refractivity contribution is 7.92. The van der Waals surface area contributed by atoms with Crippen molar-refractivity contribution < 1.29 is 8.42 Å². The molecule has 0 amide bonds. The first kappa shape index (κ1) is 13.9. The van der Waals surface area contributed by atoms with Crippen LogP contribution in [0.2, 0.25) is 0 Å². The van der Waals surface area contributed by atoms with Crippen LogP contribution < -0.4 is 0 Å². The van der Waals surface area contributed by atoms with Crippen LogP contribution in [-0.4, -0.2) is 13.7 Å². The maximum atomic E-state index is 12.8. The molecule has 2 aliphatic carbocycles. The maximum absolute atomic E-state index is 12.8. The lowest BCUT2D eigenvalue weighted by Crippen LogP contribution is -2.25. The van der Waals surface area contributed by atoms with E-state index in [0.717, 1.165) is 32.1 Å². The molecule has 0 aliphatic heterocycles. The van der Waals surface area contributed by atoms with Crippen LogP contribution in [0.5, 0.6) is 0 Å². The van der Waals surface area contributed by atoms with E-state index in [9.17, 15) is 8.42 Å². The largest absolute Gasteiger partial charge is 0.223 e. The molecule has 108 valence electrons. The number of hydrogen-bond donors (Lipinski definition) is 0. The predicted octanol–water partition coefficient (Wildman–Crippen LogP) is 4.13. The molecule has 0 fully saturated rings. The fourth-order valence-corrected chi connectivity index (χ4v) is 5.62. The molecular weight excluding hydrogens is 268 g/mol. The van der Waals surface area contributed by atoms with Crippen molar-refractivity contribution in [3.63, 3.8) is 0 Å². The molecule has 3 rings (SSSR count). The van der Waals surface area contributed by atoms with E-state index in [1.165, 1.54) is 11.1 Å². The first-order valence-electron chi connectivity index (χ1n) is 7.40. The van der Waals surface area contributed by atoms with Gasteiger partial charge in [0.1, 0.15) is 0 Å². The molecule has 0 saturated heterocycles. The van der Waals surface area contributed by atoms with Gasteiger partial charge in [0.05, 0.1) is 10.1 Å². The summed E-state index contributed by atoms with van der Waals surface area (Å²) in [6.07, 6.45) is 4.88. The van der Waals surface area contributed by atoms with Crippen molar-refractivity contribution in [3.8, 4) is 0 Å². The predicted molar refractivity (Wildman–Crippen MR) is 81.3 cm³/mol. The number of rotatable bonds is 2. The molecule has 0 bridgehead atoms. The van der Waals surface area contributed by atoms with Gasteiger partial charge < -0.3 is 0 Å². The summed E-state index contributed by atoms with van der Waals surface area (Å²) in [5, 5.41) is -0.268. The molecule has 0 N–H and O–H groups in total. The van der Waals surface area contributed by atoms with E-state index in [0.29, 0.717) is 10.3 Å². The van der Waals surface area contributed by atoms with E-state index >= 15 is 0 Å². The zero-order valence-electron chi connectivity index (χ0n) is 12.2. The van der Waals surface area contributed by atoms with E-state index in [-0.39, 0.29) is 5.25 Å². The van der Waals surface area contributed by atoms with E-state index in [1.807, 2.05) is 6.07 Å². The van der Waals surface area contributed by atoms with Gasteiger partial charge in [-0.05, 0) is 49.7 Å². The standard InChI is InChI=1S/C17H22O2S/c1-17(2)11-10-15-13(12-17)8-9-16(15)20(18,19)14-6-4-3-5-7-14/h3-7,16H,8-12H2,1-2H3. The molecule has 0 heterocycles. The minimum atomic E-state index is -3.20. The fraction of sp³-hybridized carbons (Fsp3) is 0.529. The molecular formula is C17H22O2S. The normalized spacial score (nSPS) is 25.6. The molecule has 2 aliphatic rings. The van der Waals surface area contributed by atoms with Gasteiger partial charge in [-0.25, -0.2) is 8.42 Å². The Morgan fingerprint density at radius 2 is 1.80 bits per heavy atom. The lowest BCUT2D eigenvalue weighted by atomic mass is 9.75. The average Bonchev–Trinajstić information content (AvgIpc) is 2.81. The van der Waals surface area contributed by atoms with Crippen LogP contribution >= 0.6 is 0 Å². The highest BCUT2D eigenvalue weighted by Gasteiger charge is 2.40. The molecule has 0 spiro atoms. The molecule has 1 aromatic rings. The Kier molecular flexibility index (Phi) is 3.28. The van der Waals surface area contributed by atoms with Crippen LogP contribution in [0.4, 0.5) is 0 Å². The van der Waals surface area contributed by atoms with Gasteiger partial charge in [0.25, 0.3) is 0 Å². The van der Waals surface area contributed by atoms with Crippen LogP contribution in [0.15, 0.2) is 46.4 Å². The summed E-state index contributed by atoms with van der Waals surface area (Å²) in [5.74, 6) is 0.